The number of ether oxygens (including phenoxy) is 7. The normalized spacial score (nSPS) is 37.0. The van der Waals surface area contributed by atoms with Gasteiger partial charge in [-0.05, 0) is 48.4 Å². The number of rotatable bonds is 13. The lowest BCUT2D eigenvalue weighted by Gasteiger charge is -2.47. The highest BCUT2D eigenvalue weighted by atomic mass is 16.8. The van der Waals surface area contributed by atoms with Crippen LogP contribution < -0.4 is 0 Å². The molecular formula is C35H46O21. The zero-order valence-electron chi connectivity index (χ0n) is 29.6. The van der Waals surface area contributed by atoms with Crippen LogP contribution in [0, 0.1) is 0 Å². The van der Waals surface area contributed by atoms with Crippen molar-refractivity contribution in [1.82, 2.24) is 0 Å². The SMILES string of the molecule is C[C@@H]1O[C@@H](O[C@@H]2[C@@H](O)[C@H](OC[C@H](O)c3ccc(O)c(O)c3)O[C@H](CO[C@@H]3O[C@H](CO)[C@@H](O)[C@H](O)[C@H]3O)[C@H]2OC(=O)/C=C/c2ccc(O)c(O)c2)[C@H](O)[C@H](O)[C@H]1O. The molecule has 3 fully saturated rings. The number of phenolic OH excluding ortho intramolecular Hbond substituents is 4. The van der Waals surface area contributed by atoms with Crippen LogP contribution in [0.25, 0.3) is 6.08 Å². The first-order valence-corrected chi connectivity index (χ1v) is 17.3. The van der Waals surface area contributed by atoms with Gasteiger partial charge in [-0.2, -0.15) is 0 Å². The maximum absolute atomic E-state index is 13.3. The lowest BCUT2D eigenvalue weighted by molar-refractivity contribution is -0.365. The van der Waals surface area contributed by atoms with Crippen molar-refractivity contribution in [1.29, 1.82) is 0 Å². The van der Waals surface area contributed by atoms with E-state index in [2.05, 4.69) is 0 Å². The van der Waals surface area contributed by atoms with E-state index in [4.69, 9.17) is 33.2 Å². The summed E-state index contributed by atoms with van der Waals surface area (Å²) in [6.07, 6.45) is -25.2. The first-order chi connectivity index (χ1) is 26.5. The zero-order valence-corrected chi connectivity index (χ0v) is 29.6. The molecule has 0 saturated carbocycles. The Balaban J connectivity index is 1.45. The molecule has 0 amide bonds. The summed E-state index contributed by atoms with van der Waals surface area (Å²) in [4.78, 5) is 13.3. The smallest absolute Gasteiger partial charge is 0.331 e. The van der Waals surface area contributed by atoms with Crippen molar-refractivity contribution in [3.05, 3.63) is 53.6 Å². The van der Waals surface area contributed by atoms with Gasteiger partial charge in [0, 0.05) is 6.08 Å². The molecule has 0 aromatic heterocycles. The van der Waals surface area contributed by atoms with Crippen molar-refractivity contribution < 1.29 is 104 Å². The zero-order chi connectivity index (χ0) is 41.0. The molecule has 0 radical (unpaired) electrons. The Morgan fingerprint density at radius 2 is 1.30 bits per heavy atom. The van der Waals surface area contributed by atoms with E-state index < -0.39 is 147 Å². The fourth-order valence-corrected chi connectivity index (χ4v) is 6.15. The van der Waals surface area contributed by atoms with Gasteiger partial charge in [0.15, 0.2) is 48.0 Å². The lowest BCUT2D eigenvalue weighted by atomic mass is 9.96. The van der Waals surface area contributed by atoms with Gasteiger partial charge in [0.1, 0.15) is 67.1 Å². The number of hydrogen-bond donors (Lipinski definition) is 13. The molecule has 3 heterocycles. The Morgan fingerprint density at radius 3 is 1.96 bits per heavy atom. The molecule has 5 rings (SSSR count). The number of benzene rings is 2. The van der Waals surface area contributed by atoms with Crippen molar-refractivity contribution in [2.75, 3.05) is 19.8 Å². The number of phenols is 4. The number of aromatic hydroxyl groups is 4. The van der Waals surface area contributed by atoms with Crippen LogP contribution in [-0.4, -0.2) is 184 Å². The second kappa shape index (κ2) is 18.7. The van der Waals surface area contributed by atoms with Gasteiger partial charge in [0.05, 0.1) is 25.9 Å². The van der Waals surface area contributed by atoms with Gasteiger partial charge < -0.3 is 99.5 Å². The highest BCUT2D eigenvalue weighted by Crippen LogP contribution is 2.34. The van der Waals surface area contributed by atoms with E-state index in [1.807, 2.05) is 0 Å². The fourth-order valence-electron chi connectivity index (χ4n) is 6.15. The molecule has 3 aliphatic rings. The molecule has 21 nitrogen and oxygen atoms in total. The predicted molar refractivity (Wildman–Crippen MR) is 181 cm³/mol. The molecule has 0 bridgehead atoms. The molecule has 3 saturated heterocycles. The summed E-state index contributed by atoms with van der Waals surface area (Å²) >= 11 is 0. The molecule has 16 atom stereocenters. The Kier molecular flexibility index (Phi) is 14.5. The van der Waals surface area contributed by atoms with Crippen molar-refractivity contribution in [2.45, 2.75) is 105 Å². The number of hydrogen-bond acceptors (Lipinski definition) is 21. The Morgan fingerprint density at radius 1 is 0.696 bits per heavy atom. The van der Waals surface area contributed by atoms with Gasteiger partial charge in [-0.25, -0.2) is 4.79 Å². The third-order valence-corrected chi connectivity index (χ3v) is 9.45. The lowest BCUT2D eigenvalue weighted by Crippen LogP contribution is -2.65. The Hall–Kier alpha value is -3.75. The number of aliphatic hydroxyl groups is 9. The van der Waals surface area contributed by atoms with E-state index >= 15 is 0 Å². The molecule has 56 heavy (non-hydrogen) atoms. The van der Waals surface area contributed by atoms with Gasteiger partial charge in [0.25, 0.3) is 0 Å². The van der Waals surface area contributed by atoms with E-state index in [0.717, 1.165) is 30.3 Å². The second-order valence-electron chi connectivity index (χ2n) is 13.4. The van der Waals surface area contributed by atoms with Gasteiger partial charge in [-0.15, -0.1) is 0 Å². The van der Waals surface area contributed by atoms with Crippen LogP contribution in [0.15, 0.2) is 42.5 Å². The van der Waals surface area contributed by atoms with Gasteiger partial charge >= 0.3 is 5.97 Å². The molecule has 0 aliphatic carbocycles. The molecule has 0 spiro atoms. The third kappa shape index (κ3) is 9.85. The van der Waals surface area contributed by atoms with Crippen molar-refractivity contribution in [3.63, 3.8) is 0 Å². The minimum atomic E-state index is -1.98. The number of aliphatic hydroxyl groups excluding tert-OH is 9. The van der Waals surface area contributed by atoms with E-state index in [-0.39, 0.29) is 11.1 Å². The van der Waals surface area contributed by atoms with Crippen molar-refractivity contribution in [3.8, 4) is 23.0 Å². The Labute approximate surface area is 317 Å². The van der Waals surface area contributed by atoms with Crippen LogP contribution in [0.3, 0.4) is 0 Å². The molecule has 0 unspecified atom stereocenters. The van der Waals surface area contributed by atoms with Crippen LogP contribution >= 0.6 is 0 Å². The molecular weight excluding hydrogens is 756 g/mol. The minimum Gasteiger partial charge on any atom is -0.504 e. The van der Waals surface area contributed by atoms with Crippen molar-refractivity contribution >= 4 is 12.0 Å². The summed E-state index contributed by atoms with van der Waals surface area (Å²) in [6, 6.07) is 7.08. The van der Waals surface area contributed by atoms with Crippen LogP contribution in [-0.2, 0) is 38.0 Å². The number of carbonyl (C=O) groups excluding carboxylic acids is 1. The summed E-state index contributed by atoms with van der Waals surface area (Å²) < 4.78 is 39.9. The first kappa shape index (κ1) is 43.4. The molecule has 312 valence electrons. The number of esters is 1. The molecule has 13 N–H and O–H groups in total. The van der Waals surface area contributed by atoms with Crippen LogP contribution in [0.4, 0.5) is 0 Å². The first-order valence-electron chi connectivity index (χ1n) is 17.3. The van der Waals surface area contributed by atoms with Crippen LogP contribution in [0.1, 0.15) is 24.2 Å². The van der Waals surface area contributed by atoms with E-state index in [1.54, 1.807) is 0 Å². The van der Waals surface area contributed by atoms with Crippen molar-refractivity contribution in [2.24, 2.45) is 0 Å². The minimum absolute atomic E-state index is 0.0710. The monoisotopic (exact) mass is 802 g/mol. The predicted octanol–water partition coefficient (Wildman–Crippen LogP) is -3.70. The third-order valence-electron chi connectivity index (χ3n) is 9.45. The highest BCUT2D eigenvalue weighted by molar-refractivity contribution is 5.87. The largest absolute Gasteiger partial charge is 0.504 e. The molecule has 3 aliphatic heterocycles. The average molecular weight is 803 g/mol. The summed E-state index contributed by atoms with van der Waals surface area (Å²) in [6.45, 7) is -0.831. The average Bonchev–Trinajstić information content (AvgIpc) is 3.17. The van der Waals surface area contributed by atoms with Gasteiger partial charge in [0.2, 0.25) is 0 Å². The summed E-state index contributed by atoms with van der Waals surface area (Å²) in [5, 5.41) is 134. The van der Waals surface area contributed by atoms with E-state index in [0.29, 0.717) is 0 Å². The van der Waals surface area contributed by atoms with Gasteiger partial charge in [-0.3, -0.25) is 0 Å². The van der Waals surface area contributed by atoms with Crippen LogP contribution in [0.5, 0.6) is 23.0 Å². The highest BCUT2D eigenvalue weighted by Gasteiger charge is 2.53. The maximum atomic E-state index is 13.3. The summed E-state index contributed by atoms with van der Waals surface area (Å²) in [5.41, 5.74) is 0.309. The second-order valence-corrected chi connectivity index (χ2v) is 13.4. The van der Waals surface area contributed by atoms with E-state index in [9.17, 15) is 71.2 Å². The molecule has 2 aromatic carbocycles. The maximum Gasteiger partial charge on any atom is 0.331 e. The quantitative estimate of drug-likeness (QED) is 0.0526. The summed E-state index contributed by atoms with van der Waals surface area (Å²) in [5.74, 6) is -3.06. The topological polar surface area (TPSA) is 345 Å². The van der Waals surface area contributed by atoms with E-state index in [1.165, 1.54) is 25.1 Å². The van der Waals surface area contributed by atoms with Gasteiger partial charge in [-0.1, -0.05) is 12.1 Å². The van der Waals surface area contributed by atoms with Crippen LogP contribution in [0.2, 0.25) is 0 Å². The standard InChI is InChI=1S/C35H46O21/c1-13-24(43)26(45)29(48)35(52-13)56-32-30(49)34(50-11-20(41)15-4-6-17(38)19(40)9-15)54-22(12-51-33-28(47)27(46)25(44)21(10-36)53-33)31(32)55-23(42)7-3-14-2-5-16(37)18(39)8-14/h2-9,13,20-22,24-41,43-49H,10-12H2,1H3/b7-3+/t13-,20-,21+,22+,24-,25+,26+,27-,28+,29+,30+,31+,32+,33+,34+,35-/m0/s1. The molecule has 21 heteroatoms. The summed E-state index contributed by atoms with van der Waals surface area (Å²) in [7, 11) is 0. The fraction of sp³-hybridized carbons (Fsp3) is 0.571. The Bertz CT molecular complexity index is 1640. The molecule has 2 aromatic rings. The number of carbonyl (C=O) groups is 1.